The minimum absolute atomic E-state index is 0. The number of tetrazole rings is 1. The van der Waals surface area contributed by atoms with E-state index >= 15 is 0 Å². The fourth-order valence-electron chi connectivity index (χ4n) is 2.88. The number of benzene rings is 1. The molecule has 1 fully saturated rings. The largest absolute Gasteiger partial charge is 0.356 e. The second-order valence-electron chi connectivity index (χ2n) is 5.95. The number of nitrogens with one attached hydrogen (secondary N) is 2. The van der Waals surface area contributed by atoms with Crippen molar-refractivity contribution in [1.82, 2.24) is 30.8 Å². The van der Waals surface area contributed by atoms with E-state index in [1.807, 2.05) is 24.3 Å². The molecule has 130 valence electrons. The molecular weight excluding hydrogens is 328 g/mol. The zero-order valence-electron chi connectivity index (χ0n) is 13.5. The highest BCUT2D eigenvalue weighted by molar-refractivity contribution is 5.85. The first-order chi connectivity index (χ1) is 11.3. The Morgan fingerprint density at radius 2 is 2.17 bits per heavy atom. The van der Waals surface area contributed by atoms with Gasteiger partial charge in [0, 0.05) is 6.54 Å². The van der Waals surface area contributed by atoms with Gasteiger partial charge in [0.25, 0.3) is 0 Å². The zero-order chi connectivity index (χ0) is 15.9. The highest BCUT2D eigenvalue weighted by atomic mass is 35.5. The molecule has 1 atom stereocenters. The summed E-state index contributed by atoms with van der Waals surface area (Å²) >= 11 is 0. The monoisotopic (exact) mass is 350 g/mol. The van der Waals surface area contributed by atoms with E-state index in [1.54, 1.807) is 11.0 Å². The molecule has 24 heavy (non-hydrogen) atoms. The minimum atomic E-state index is 0. The number of carbonyl (C=O) groups excluding carboxylic acids is 1. The van der Waals surface area contributed by atoms with Gasteiger partial charge in [0.05, 0.1) is 12.1 Å². The summed E-state index contributed by atoms with van der Waals surface area (Å²) in [5.74, 6) is 0.767. The summed E-state index contributed by atoms with van der Waals surface area (Å²) in [5.41, 5.74) is 1.86. The number of hydrogen-bond donors (Lipinski definition) is 2. The molecule has 1 unspecified atom stereocenters. The summed E-state index contributed by atoms with van der Waals surface area (Å²) in [6, 6.07) is 7.68. The van der Waals surface area contributed by atoms with E-state index in [-0.39, 0.29) is 18.3 Å². The molecule has 8 heteroatoms. The first kappa shape index (κ1) is 18.4. The van der Waals surface area contributed by atoms with Crippen LogP contribution in [0.3, 0.4) is 0 Å². The van der Waals surface area contributed by atoms with Gasteiger partial charge >= 0.3 is 0 Å². The standard InChI is InChI=1S/C16H22N6O.ClH/c23-16(18-9-7-14-2-1-8-17-11-14)10-13-3-5-15(6-4-13)22-12-19-20-21-22;/h3-6,12,14,17H,1-2,7-11H2,(H,18,23);1H. The Labute approximate surface area is 147 Å². The van der Waals surface area contributed by atoms with Crippen molar-refractivity contribution in [2.45, 2.75) is 25.7 Å². The molecular formula is C16H23ClN6O. The van der Waals surface area contributed by atoms with Crippen LogP contribution in [0.15, 0.2) is 30.6 Å². The van der Waals surface area contributed by atoms with Crippen LogP contribution in [-0.2, 0) is 11.2 Å². The van der Waals surface area contributed by atoms with Gasteiger partial charge in [-0.15, -0.1) is 17.5 Å². The van der Waals surface area contributed by atoms with Crippen LogP contribution in [0.1, 0.15) is 24.8 Å². The van der Waals surface area contributed by atoms with Crippen LogP contribution in [0.25, 0.3) is 5.69 Å². The highest BCUT2D eigenvalue weighted by Gasteiger charge is 2.13. The molecule has 3 rings (SSSR count). The predicted molar refractivity (Wildman–Crippen MR) is 93.3 cm³/mol. The quantitative estimate of drug-likeness (QED) is 0.816. The number of carbonyl (C=O) groups is 1. The van der Waals surface area contributed by atoms with Crippen LogP contribution >= 0.6 is 12.4 Å². The van der Waals surface area contributed by atoms with Crippen LogP contribution in [0.5, 0.6) is 0 Å². The van der Waals surface area contributed by atoms with Crippen LogP contribution < -0.4 is 10.6 Å². The van der Waals surface area contributed by atoms with E-state index in [9.17, 15) is 4.79 Å². The Morgan fingerprint density at radius 3 is 2.83 bits per heavy atom. The molecule has 0 saturated carbocycles. The van der Waals surface area contributed by atoms with Crippen LogP contribution in [0.2, 0.25) is 0 Å². The molecule has 1 amide bonds. The second-order valence-corrected chi connectivity index (χ2v) is 5.95. The average molecular weight is 351 g/mol. The third-order valence-corrected chi connectivity index (χ3v) is 4.19. The normalized spacial score (nSPS) is 17.1. The highest BCUT2D eigenvalue weighted by Crippen LogP contribution is 2.13. The van der Waals surface area contributed by atoms with E-state index in [0.717, 1.165) is 37.3 Å². The molecule has 0 aliphatic carbocycles. The third kappa shape index (κ3) is 5.28. The lowest BCUT2D eigenvalue weighted by molar-refractivity contribution is -0.120. The summed E-state index contributed by atoms with van der Waals surface area (Å²) < 4.78 is 1.59. The molecule has 0 radical (unpaired) electrons. The van der Waals surface area contributed by atoms with Crippen molar-refractivity contribution < 1.29 is 4.79 Å². The Hall–Kier alpha value is -1.99. The van der Waals surface area contributed by atoms with Crippen molar-refractivity contribution in [2.75, 3.05) is 19.6 Å². The fourth-order valence-corrected chi connectivity index (χ4v) is 2.88. The van der Waals surface area contributed by atoms with Crippen molar-refractivity contribution in [2.24, 2.45) is 5.92 Å². The summed E-state index contributed by atoms with van der Waals surface area (Å²) in [4.78, 5) is 12.0. The lowest BCUT2D eigenvalue weighted by Crippen LogP contribution is -2.33. The Bertz CT molecular complexity index is 610. The van der Waals surface area contributed by atoms with Gasteiger partial charge in [-0.2, -0.15) is 0 Å². The Kier molecular flexibility index (Phi) is 7.14. The summed E-state index contributed by atoms with van der Waals surface area (Å²) in [6.07, 6.45) is 5.51. The minimum Gasteiger partial charge on any atom is -0.356 e. The lowest BCUT2D eigenvalue weighted by atomic mass is 9.96. The average Bonchev–Trinajstić information content (AvgIpc) is 3.11. The van der Waals surface area contributed by atoms with Crippen molar-refractivity contribution in [3.05, 3.63) is 36.2 Å². The number of halogens is 1. The van der Waals surface area contributed by atoms with Gasteiger partial charge in [0.1, 0.15) is 6.33 Å². The maximum Gasteiger partial charge on any atom is 0.224 e. The van der Waals surface area contributed by atoms with E-state index in [2.05, 4.69) is 26.2 Å². The summed E-state index contributed by atoms with van der Waals surface area (Å²) in [6.45, 7) is 2.96. The van der Waals surface area contributed by atoms with Gasteiger partial charge < -0.3 is 10.6 Å². The first-order valence-corrected chi connectivity index (χ1v) is 8.11. The van der Waals surface area contributed by atoms with E-state index < -0.39 is 0 Å². The molecule has 7 nitrogen and oxygen atoms in total. The van der Waals surface area contributed by atoms with Crippen LogP contribution in [-0.4, -0.2) is 45.7 Å². The van der Waals surface area contributed by atoms with E-state index in [1.165, 1.54) is 12.8 Å². The smallest absolute Gasteiger partial charge is 0.224 e. The fraction of sp³-hybridized carbons (Fsp3) is 0.500. The predicted octanol–water partition coefficient (Wildman–Crippen LogP) is 1.13. The zero-order valence-corrected chi connectivity index (χ0v) is 14.3. The second kappa shape index (κ2) is 9.34. The number of rotatable bonds is 6. The van der Waals surface area contributed by atoms with Crippen molar-refractivity contribution in [1.29, 1.82) is 0 Å². The van der Waals surface area contributed by atoms with Crippen molar-refractivity contribution >= 4 is 18.3 Å². The maximum atomic E-state index is 12.0. The first-order valence-electron chi connectivity index (χ1n) is 8.11. The molecule has 2 heterocycles. The van der Waals surface area contributed by atoms with Gasteiger partial charge in [0.15, 0.2) is 0 Å². The van der Waals surface area contributed by atoms with Crippen LogP contribution in [0, 0.1) is 5.92 Å². The number of piperidine rings is 1. The van der Waals surface area contributed by atoms with Gasteiger partial charge in [-0.05, 0) is 66.4 Å². The molecule has 0 spiro atoms. The SMILES string of the molecule is Cl.O=C(Cc1ccc(-n2cnnn2)cc1)NCCC1CCCNC1. The Morgan fingerprint density at radius 1 is 1.33 bits per heavy atom. The Balaban J connectivity index is 0.00000208. The summed E-state index contributed by atoms with van der Waals surface area (Å²) in [7, 11) is 0. The van der Waals surface area contributed by atoms with E-state index in [4.69, 9.17) is 0 Å². The number of nitrogens with zero attached hydrogens (tertiary/aromatic N) is 4. The molecule has 1 saturated heterocycles. The van der Waals surface area contributed by atoms with Crippen LogP contribution in [0.4, 0.5) is 0 Å². The molecule has 1 aliphatic heterocycles. The van der Waals surface area contributed by atoms with Gasteiger partial charge in [-0.3, -0.25) is 4.79 Å². The molecule has 1 aromatic heterocycles. The van der Waals surface area contributed by atoms with Crippen molar-refractivity contribution in [3.8, 4) is 5.69 Å². The maximum absolute atomic E-state index is 12.0. The summed E-state index contributed by atoms with van der Waals surface area (Å²) in [5, 5.41) is 17.5. The van der Waals surface area contributed by atoms with Gasteiger partial charge in [0.2, 0.25) is 5.91 Å². The molecule has 2 N–H and O–H groups in total. The topological polar surface area (TPSA) is 84.7 Å². The number of hydrogen-bond acceptors (Lipinski definition) is 5. The van der Waals surface area contributed by atoms with Gasteiger partial charge in [-0.1, -0.05) is 12.1 Å². The number of aromatic nitrogens is 4. The van der Waals surface area contributed by atoms with Gasteiger partial charge in [-0.25, -0.2) is 4.68 Å². The van der Waals surface area contributed by atoms with E-state index in [0.29, 0.717) is 12.3 Å². The molecule has 1 aromatic carbocycles. The lowest BCUT2D eigenvalue weighted by Gasteiger charge is -2.22. The molecule has 2 aromatic rings. The molecule has 1 aliphatic rings. The molecule has 0 bridgehead atoms. The van der Waals surface area contributed by atoms with Crippen molar-refractivity contribution in [3.63, 3.8) is 0 Å². The number of amides is 1. The third-order valence-electron chi connectivity index (χ3n) is 4.19.